The largest absolute Gasteiger partial charge is 0.330 e. The quantitative estimate of drug-likeness (QED) is 0.893. The van der Waals surface area contributed by atoms with Gasteiger partial charge in [-0.15, -0.1) is 11.3 Å². The third-order valence-electron chi connectivity index (χ3n) is 3.14. The van der Waals surface area contributed by atoms with Crippen LogP contribution in [0.4, 0.5) is 0 Å². The zero-order chi connectivity index (χ0) is 12.3. The maximum atomic E-state index is 5.97. The highest BCUT2D eigenvalue weighted by atomic mass is 35.5. The van der Waals surface area contributed by atoms with Gasteiger partial charge in [0.2, 0.25) is 0 Å². The lowest BCUT2D eigenvalue weighted by Gasteiger charge is -2.28. The molecule has 2 aromatic rings. The van der Waals surface area contributed by atoms with Gasteiger partial charge >= 0.3 is 0 Å². The Morgan fingerprint density at radius 2 is 1.94 bits per heavy atom. The molecule has 1 heterocycles. The zero-order valence-corrected chi connectivity index (χ0v) is 11.4. The number of hydrogen-bond acceptors (Lipinski definition) is 2. The van der Waals surface area contributed by atoms with Gasteiger partial charge in [-0.2, -0.15) is 0 Å². The lowest BCUT2D eigenvalue weighted by Crippen LogP contribution is -2.33. The Kier molecular flexibility index (Phi) is 3.87. The van der Waals surface area contributed by atoms with Crippen molar-refractivity contribution in [1.29, 1.82) is 0 Å². The highest BCUT2D eigenvalue weighted by Gasteiger charge is 2.25. The average molecular weight is 266 g/mol. The van der Waals surface area contributed by atoms with E-state index in [1.54, 1.807) is 11.3 Å². The van der Waals surface area contributed by atoms with Crippen molar-refractivity contribution in [2.24, 2.45) is 5.73 Å². The summed E-state index contributed by atoms with van der Waals surface area (Å²) in [4.78, 5) is 1.37. The molecule has 0 saturated heterocycles. The van der Waals surface area contributed by atoms with Crippen LogP contribution in [0, 0.1) is 0 Å². The second kappa shape index (κ2) is 5.21. The number of rotatable bonds is 4. The fraction of sp³-hybridized carbons (Fsp3) is 0.286. The van der Waals surface area contributed by atoms with Crippen LogP contribution in [0.25, 0.3) is 0 Å². The van der Waals surface area contributed by atoms with Gasteiger partial charge in [0.25, 0.3) is 0 Å². The molecule has 0 aliphatic carbocycles. The fourth-order valence-corrected chi connectivity index (χ4v) is 2.96. The predicted octanol–water partition coefficient (Wildman–Crippen LogP) is 3.86. The molecule has 0 radical (unpaired) electrons. The molecule has 2 N–H and O–H groups in total. The van der Waals surface area contributed by atoms with Crippen LogP contribution in [0.5, 0.6) is 0 Å². The topological polar surface area (TPSA) is 26.0 Å². The Morgan fingerprint density at radius 3 is 2.47 bits per heavy atom. The van der Waals surface area contributed by atoms with Gasteiger partial charge < -0.3 is 5.73 Å². The van der Waals surface area contributed by atoms with Crippen molar-refractivity contribution in [3.05, 3.63) is 57.2 Å². The lowest BCUT2D eigenvalue weighted by atomic mass is 9.79. The maximum Gasteiger partial charge on any atom is 0.0406 e. The van der Waals surface area contributed by atoms with Crippen LogP contribution in [-0.2, 0) is 11.8 Å². The third-order valence-corrected chi connectivity index (χ3v) is 4.26. The minimum Gasteiger partial charge on any atom is -0.330 e. The highest BCUT2D eigenvalue weighted by Crippen LogP contribution is 2.29. The third kappa shape index (κ3) is 2.89. The van der Waals surface area contributed by atoms with Crippen LogP contribution in [0.3, 0.4) is 0 Å². The normalized spacial score (nSPS) is 14.5. The van der Waals surface area contributed by atoms with E-state index in [0.29, 0.717) is 6.54 Å². The van der Waals surface area contributed by atoms with E-state index in [0.717, 1.165) is 11.4 Å². The van der Waals surface area contributed by atoms with E-state index in [1.807, 2.05) is 12.1 Å². The van der Waals surface area contributed by atoms with Crippen LogP contribution in [0.15, 0.2) is 41.8 Å². The Hall–Kier alpha value is -0.830. The summed E-state index contributed by atoms with van der Waals surface area (Å²) in [5.41, 5.74) is 7.19. The van der Waals surface area contributed by atoms with E-state index in [-0.39, 0.29) is 5.41 Å². The van der Waals surface area contributed by atoms with Crippen LogP contribution in [0.1, 0.15) is 17.4 Å². The average Bonchev–Trinajstić information content (AvgIpc) is 2.82. The van der Waals surface area contributed by atoms with Crippen LogP contribution >= 0.6 is 22.9 Å². The first-order valence-electron chi connectivity index (χ1n) is 5.62. The number of nitrogens with two attached hydrogens (primary N) is 1. The van der Waals surface area contributed by atoms with Crippen molar-refractivity contribution < 1.29 is 0 Å². The molecule has 3 heteroatoms. The van der Waals surface area contributed by atoms with Gasteiger partial charge in [0.1, 0.15) is 0 Å². The van der Waals surface area contributed by atoms with Crippen molar-refractivity contribution in [2.45, 2.75) is 18.8 Å². The Morgan fingerprint density at radius 1 is 1.24 bits per heavy atom. The molecule has 0 saturated carbocycles. The molecular formula is C14H16ClNS. The van der Waals surface area contributed by atoms with Crippen LogP contribution < -0.4 is 5.73 Å². The SMILES string of the molecule is CC(CN)(Cc1cccs1)c1ccc(Cl)cc1. The molecule has 17 heavy (non-hydrogen) atoms. The smallest absolute Gasteiger partial charge is 0.0406 e. The summed E-state index contributed by atoms with van der Waals surface area (Å²) in [5.74, 6) is 0. The number of halogens is 1. The molecule has 0 aliphatic heterocycles. The summed E-state index contributed by atoms with van der Waals surface area (Å²) < 4.78 is 0. The lowest BCUT2D eigenvalue weighted by molar-refractivity contribution is 0.485. The van der Waals surface area contributed by atoms with Gasteiger partial charge in [0.15, 0.2) is 0 Å². The van der Waals surface area contributed by atoms with Crippen LogP contribution in [0.2, 0.25) is 5.02 Å². The highest BCUT2D eigenvalue weighted by molar-refractivity contribution is 7.09. The van der Waals surface area contributed by atoms with Crippen molar-refractivity contribution >= 4 is 22.9 Å². The maximum absolute atomic E-state index is 5.97. The first-order valence-corrected chi connectivity index (χ1v) is 6.88. The molecule has 0 fully saturated rings. The molecule has 0 amide bonds. The molecular weight excluding hydrogens is 250 g/mol. The van der Waals surface area contributed by atoms with E-state index in [2.05, 4.69) is 36.6 Å². The second-order valence-corrected chi connectivity index (χ2v) is 6.00. The van der Waals surface area contributed by atoms with E-state index < -0.39 is 0 Å². The van der Waals surface area contributed by atoms with Crippen LogP contribution in [-0.4, -0.2) is 6.54 Å². The molecule has 1 atom stereocenters. The van der Waals surface area contributed by atoms with Gasteiger partial charge in [-0.25, -0.2) is 0 Å². The molecule has 1 aromatic heterocycles. The summed E-state index contributed by atoms with van der Waals surface area (Å²) in [7, 11) is 0. The van der Waals surface area contributed by atoms with E-state index in [1.165, 1.54) is 10.4 Å². The minimum absolute atomic E-state index is 0.0184. The fourth-order valence-electron chi connectivity index (χ4n) is 1.94. The van der Waals surface area contributed by atoms with Crippen molar-refractivity contribution in [2.75, 3.05) is 6.54 Å². The van der Waals surface area contributed by atoms with E-state index >= 15 is 0 Å². The first-order chi connectivity index (χ1) is 8.14. The Balaban J connectivity index is 2.27. The van der Waals surface area contributed by atoms with E-state index in [9.17, 15) is 0 Å². The van der Waals surface area contributed by atoms with Gasteiger partial charge in [0, 0.05) is 21.9 Å². The summed E-state index contributed by atoms with van der Waals surface area (Å²) >= 11 is 7.70. The molecule has 1 nitrogen and oxygen atoms in total. The van der Waals surface area contributed by atoms with Gasteiger partial charge in [-0.3, -0.25) is 0 Å². The Bertz CT molecular complexity index is 463. The summed E-state index contributed by atoms with van der Waals surface area (Å²) in [5, 5.41) is 2.87. The van der Waals surface area contributed by atoms with Gasteiger partial charge in [-0.1, -0.05) is 36.7 Å². The number of thiophene rings is 1. The summed E-state index contributed by atoms with van der Waals surface area (Å²) in [6.07, 6.45) is 0.975. The van der Waals surface area contributed by atoms with Crippen molar-refractivity contribution in [3.8, 4) is 0 Å². The molecule has 0 bridgehead atoms. The van der Waals surface area contributed by atoms with Crippen molar-refractivity contribution in [3.63, 3.8) is 0 Å². The van der Waals surface area contributed by atoms with Gasteiger partial charge in [0.05, 0.1) is 0 Å². The molecule has 1 aromatic carbocycles. The van der Waals surface area contributed by atoms with E-state index in [4.69, 9.17) is 17.3 Å². The summed E-state index contributed by atoms with van der Waals surface area (Å²) in [6, 6.07) is 12.2. The number of hydrogen-bond donors (Lipinski definition) is 1. The molecule has 90 valence electrons. The minimum atomic E-state index is -0.0184. The molecule has 0 spiro atoms. The number of benzene rings is 1. The molecule has 0 aliphatic rings. The monoisotopic (exact) mass is 265 g/mol. The first kappa shape index (κ1) is 12.6. The predicted molar refractivity (Wildman–Crippen MR) is 75.9 cm³/mol. The zero-order valence-electron chi connectivity index (χ0n) is 9.82. The van der Waals surface area contributed by atoms with Gasteiger partial charge in [-0.05, 0) is 35.6 Å². The second-order valence-electron chi connectivity index (χ2n) is 4.53. The molecule has 1 unspecified atom stereocenters. The standard InChI is InChI=1S/C14H16ClNS/c1-14(10-16,9-13-3-2-8-17-13)11-4-6-12(15)7-5-11/h2-8H,9-10,16H2,1H3. The molecule has 2 rings (SSSR count). The Labute approximate surface area is 111 Å². The van der Waals surface area contributed by atoms with Crippen molar-refractivity contribution in [1.82, 2.24) is 0 Å². The summed E-state index contributed by atoms with van der Waals surface area (Å²) in [6.45, 7) is 2.84.